The Balaban J connectivity index is 0.00000484. The average molecular weight is 352 g/mol. The van der Waals surface area contributed by atoms with Gasteiger partial charge in [-0.15, -0.1) is 0 Å². The van der Waals surface area contributed by atoms with E-state index in [1.54, 1.807) is 6.07 Å². The van der Waals surface area contributed by atoms with Gasteiger partial charge in [0.05, 0.1) is 6.26 Å². The van der Waals surface area contributed by atoms with Gasteiger partial charge in [0, 0.05) is 5.56 Å². The Morgan fingerprint density at radius 1 is 1.00 bits per heavy atom. The zero-order valence-corrected chi connectivity index (χ0v) is 17.7. The SMILES string of the molecule is CCCCCCCCC(CCCC)c1ccoc1S(=O)(=O)[O-].[Na+]. The maximum absolute atomic E-state index is 11.3. The molecular formula is C17H29NaO4S. The molecule has 0 radical (unpaired) electrons. The Kier molecular flexibility index (Phi) is 12.6. The molecule has 0 N–H and O–H groups in total. The molecule has 4 nitrogen and oxygen atoms in total. The van der Waals surface area contributed by atoms with Crippen LogP contribution in [0.3, 0.4) is 0 Å². The van der Waals surface area contributed by atoms with Crippen LogP contribution in [0.1, 0.15) is 89.5 Å². The van der Waals surface area contributed by atoms with Crippen molar-refractivity contribution < 1.29 is 46.9 Å². The Morgan fingerprint density at radius 2 is 1.57 bits per heavy atom. The van der Waals surface area contributed by atoms with Crippen LogP contribution in [-0.2, 0) is 10.1 Å². The van der Waals surface area contributed by atoms with Gasteiger partial charge in [0.1, 0.15) is 0 Å². The molecule has 23 heavy (non-hydrogen) atoms. The zero-order chi connectivity index (χ0) is 16.4. The van der Waals surface area contributed by atoms with E-state index in [0.717, 1.165) is 32.1 Å². The molecular weight excluding hydrogens is 323 g/mol. The maximum Gasteiger partial charge on any atom is 1.00 e. The summed E-state index contributed by atoms with van der Waals surface area (Å²) in [5.41, 5.74) is 0.581. The minimum absolute atomic E-state index is 0. The number of rotatable bonds is 12. The van der Waals surface area contributed by atoms with Gasteiger partial charge in [-0.2, -0.15) is 0 Å². The van der Waals surface area contributed by atoms with E-state index in [0.29, 0.717) is 5.56 Å². The summed E-state index contributed by atoms with van der Waals surface area (Å²) in [4.78, 5) is 0. The van der Waals surface area contributed by atoms with Crippen LogP contribution in [0, 0.1) is 0 Å². The second kappa shape index (κ2) is 12.5. The molecule has 0 aliphatic heterocycles. The van der Waals surface area contributed by atoms with Crippen molar-refractivity contribution >= 4 is 10.1 Å². The third-order valence-electron chi connectivity index (χ3n) is 4.14. The van der Waals surface area contributed by atoms with Crippen molar-refractivity contribution in [2.75, 3.05) is 0 Å². The van der Waals surface area contributed by atoms with Gasteiger partial charge in [-0.1, -0.05) is 65.2 Å². The van der Waals surface area contributed by atoms with Crippen LogP contribution < -0.4 is 29.6 Å². The summed E-state index contributed by atoms with van der Waals surface area (Å²) in [7, 11) is -4.52. The largest absolute Gasteiger partial charge is 1.00 e. The van der Waals surface area contributed by atoms with E-state index < -0.39 is 10.1 Å². The minimum Gasteiger partial charge on any atom is -0.742 e. The molecule has 1 aromatic rings. The van der Waals surface area contributed by atoms with Gasteiger partial charge in [-0.05, 0) is 24.8 Å². The molecule has 0 saturated carbocycles. The van der Waals surface area contributed by atoms with Crippen LogP contribution >= 0.6 is 0 Å². The summed E-state index contributed by atoms with van der Waals surface area (Å²) >= 11 is 0. The quantitative estimate of drug-likeness (QED) is 0.328. The van der Waals surface area contributed by atoms with Crippen LogP contribution in [0.25, 0.3) is 0 Å². The minimum atomic E-state index is -4.52. The van der Waals surface area contributed by atoms with Crippen LogP contribution in [-0.4, -0.2) is 13.0 Å². The molecule has 0 fully saturated rings. The van der Waals surface area contributed by atoms with Gasteiger partial charge in [0.2, 0.25) is 5.09 Å². The fourth-order valence-corrected chi connectivity index (χ4v) is 3.58. The van der Waals surface area contributed by atoms with Crippen molar-refractivity contribution in [2.24, 2.45) is 0 Å². The molecule has 0 spiro atoms. The Labute approximate surface area is 163 Å². The summed E-state index contributed by atoms with van der Waals surface area (Å²) < 4.78 is 38.8. The molecule has 0 saturated heterocycles. The second-order valence-electron chi connectivity index (χ2n) is 6.01. The monoisotopic (exact) mass is 352 g/mol. The van der Waals surface area contributed by atoms with E-state index >= 15 is 0 Å². The smallest absolute Gasteiger partial charge is 0.742 e. The molecule has 1 atom stereocenters. The van der Waals surface area contributed by atoms with Crippen LogP contribution in [0.5, 0.6) is 0 Å². The van der Waals surface area contributed by atoms with E-state index in [1.807, 2.05) is 0 Å². The standard InChI is InChI=1S/C17H30O4S.Na/c1-3-5-7-8-9-10-12-15(11-6-4-2)16-13-14-21-17(16)22(18,19)20;/h13-15H,3-12H2,1-2H3,(H,18,19,20);/q;+1/p-1. The summed E-state index contributed by atoms with van der Waals surface area (Å²) in [5.74, 6) is 0.114. The number of hydrogen-bond donors (Lipinski definition) is 0. The first-order chi connectivity index (χ1) is 10.5. The number of unbranched alkanes of at least 4 members (excludes halogenated alkanes) is 6. The van der Waals surface area contributed by atoms with Crippen molar-refractivity contribution in [3.05, 3.63) is 17.9 Å². The van der Waals surface area contributed by atoms with E-state index in [2.05, 4.69) is 13.8 Å². The normalized spacial score (nSPS) is 12.8. The van der Waals surface area contributed by atoms with Crippen molar-refractivity contribution in [3.8, 4) is 0 Å². The van der Waals surface area contributed by atoms with Crippen molar-refractivity contribution in [2.45, 2.75) is 89.1 Å². The van der Waals surface area contributed by atoms with E-state index in [9.17, 15) is 13.0 Å². The fourth-order valence-electron chi connectivity index (χ4n) is 2.89. The van der Waals surface area contributed by atoms with Gasteiger partial charge >= 0.3 is 29.6 Å². The Bertz CT molecular complexity index is 510. The number of hydrogen-bond acceptors (Lipinski definition) is 4. The first-order valence-electron chi connectivity index (χ1n) is 8.54. The molecule has 1 unspecified atom stereocenters. The topological polar surface area (TPSA) is 70.3 Å². The van der Waals surface area contributed by atoms with Gasteiger partial charge in [0.25, 0.3) is 0 Å². The third-order valence-corrected chi connectivity index (χ3v) is 4.92. The molecule has 0 bridgehead atoms. The van der Waals surface area contributed by atoms with Crippen molar-refractivity contribution in [1.82, 2.24) is 0 Å². The van der Waals surface area contributed by atoms with Gasteiger partial charge in [-0.3, -0.25) is 0 Å². The molecule has 1 rings (SSSR count). The van der Waals surface area contributed by atoms with Gasteiger partial charge in [-0.25, -0.2) is 8.42 Å². The Morgan fingerprint density at radius 3 is 2.17 bits per heavy atom. The first kappa shape index (κ1) is 23.2. The summed E-state index contributed by atoms with van der Waals surface area (Å²) in [6, 6.07) is 1.65. The molecule has 6 heteroatoms. The van der Waals surface area contributed by atoms with Crippen molar-refractivity contribution in [3.63, 3.8) is 0 Å². The number of furan rings is 1. The van der Waals surface area contributed by atoms with Crippen LogP contribution in [0.15, 0.2) is 21.8 Å². The van der Waals surface area contributed by atoms with E-state index in [-0.39, 0.29) is 40.6 Å². The van der Waals surface area contributed by atoms with Crippen LogP contribution in [0.2, 0.25) is 0 Å². The molecule has 0 aliphatic carbocycles. The third kappa shape index (κ3) is 8.73. The average Bonchev–Trinajstić information content (AvgIpc) is 2.95. The maximum atomic E-state index is 11.3. The summed E-state index contributed by atoms with van der Waals surface area (Å²) in [6.07, 6.45) is 12.5. The predicted octanol–water partition coefficient (Wildman–Crippen LogP) is 2.21. The zero-order valence-electron chi connectivity index (χ0n) is 14.8. The molecule has 0 aromatic carbocycles. The summed E-state index contributed by atoms with van der Waals surface area (Å²) in [6.45, 7) is 4.31. The Hall–Kier alpha value is 0.190. The molecule has 1 aromatic heterocycles. The second-order valence-corrected chi connectivity index (χ2v) is 7.29. The van der Waals surface area contributed by atoms with E-state index in [1.165, 1.54) is 38.4 Å². The van der Waals surface area contributed by atoms with Crippen LogP contribution in [0.4, 0.5) is 0 Å². The molecule has 1 heterocycles. The molecule has 0 amide bonds. The van der Waals surface area contributed by atoms with Gasteiger partial charge in [0.15, 0.2) is 10.1 Å². The van der Waals surface area contributed by atoms with Crippen molar-refractivity contribution in [1.29, 1.82) is 0 Å². The summed E-state index contributed by atoms with van der Waals surface area (Å²) in [5, 5.41) is -0.375. The molecule has 0 aliphatic rings. The van der Waals surface area contributed by atoms with E-state index in [4.69, 9.17) is 4.42 Å². The fraction of sp³-hybridized carbons (Fsp3) is 0.765. The predicted molar refractivity (Wildman–Crippen MR) is 86.9 cm³/mol. The first-order valence-corrected chi connectivity index (χ1v) is 9.94. The molecule has 128 valence electrons. The van der Waals surface area contributed by atoms with Gasteiger partial charge < -0.3 is 8.97 Å².